The molecule has 0 fully saturated rings. The van der Waals surface area contributed by atoms with E-state index in [1.54, 1.807) is 12.1 Å². The summed E-state index contributed by atoms with van der Waals surface area (Å²) in [4.78, 5) is 0. The second-order valence-electron chi connectivity index (χ2n) is 4.05. The van der Waals surface area contributed by atoms with Crippen molar-refractivity contribution < 1.29 is 13.3 Å². The van der Waals surface area contributed by atoms with Gasteiger partial charge in [0.1, 0.15) is 0 Å². The van der Waals surface area contributed by atoms with Crippen molar-refractivity contribution in [1.82, 2.24) is 5.16 Å². The first-order valence-corrected chi connectivity index (χ1v) is 5.09. The van der Waals surface area contributed by atoms with Crippen molar-refractivity contribution in [3.05, 3.63) is 35.4 Å². The molecular weight excluding hydrogens is 226 g/mol. The van der Waals surface area contributed by atoms with Gasteiger partial charge < -0.3 is 10.3 Å². The number of hydrogen-bond acceptors (Lipinski definition) is 3. The van der Waals surface area contributed by atoms with Crippen molar-refractivity contribution in [1.29, 1.82) is 0 Å². The molecule has 0 amide bonds. The highest BCUT2D eigenvalue weighted by Gasteiger charge is 2.29. The number of alkyl halides is 2. The molecule has 2 rings (SSSR count). The molecule has 0 spiro atoms. The standard InChI is InChI=1S/C12H12F2N2O/c1-7-3-4-9(12(2,13)14)8(5-7)10-6-11(15)16-17-10/h3-6H,1-2H3,(H2,15,16). The molecule has 0 aliphatic heterocycles. The topological polar surface area (TPSA) is 52.0 Å². The summed E-state index contributed by atoms with van der Waals surface area (Å²) < 4.78 is 31.8. The number of nitrogens with two attached hydrogens (primary N) is 1. The first kappa shape index (κ1) is 11.6. The molecule has 0 atom stereocenters. The van der Waals surface area contributed by atoms with Gasteiger partial charge in [-0.25, -0.2) is 8.78 Å². The molecule has 0 aliphatic rings. The molecule has 2 N–H and O–H groups in total. The maximum absolute atomic E-state index is 13.4. The summed E-state index contributed by atoms with van der Waals surface area (Å²) in [5.41, 5.74) is 6.51. The largest absolute Gasteiger partial charge is 0.381 e. The predicted molar refractivity (Wildman–Crippen MR) is 60.7 cm³/mol. The maximum atomic E-state index is 13.4. The first-order valence-electron chi connectivity index (χ1n) is 5.09. The molecule has 1 aromatic carbocycles. The summed E-state index contributed by atoms with van der Waals surface area (Å²) in [6.07, 6.45) is 0. The smallest absolute Gasteiger partial charge is 0.271 e. The molecule has 0 unspecified atom stereocenters. The summed E-state index contributed by atoms with van der Waals surface area (Å²) in [7, 11) is 0. The van der Waals surface area contributed by atoms with Gasteiger partial charge in [0.25, 0.3) is 5.92 Å². The van der Waals surface area contributed by atoms with Crippen LogP contribution in [0, 0.1) is 6.92 Å². The zero-order valence-corrected chi connectivity index (χ0v) is 9.50. The lowest BCUT2D eigenvalue weighted by Crippen LogP contribution is -2.08. The average Bonchev–Trinajstić information content (AvgIpc) is 2.62. The van der Waals surface area contributed by atoms with Crippen LogP contribution in [0.4, 0.5) is 14.6 Å². The number of aryl methyl sites for hydroxylation is 1. The second-order valence-corrected chi connectivity index (χ2v) is 4.05. The van der Waals surface area contributed by atoms with Crippen molar-refractivity contribution in [3.8, 4) is 11.3 Å². The molecule has 2 aromatic rings. The SMILES string of the molecule is Cc1ccc(C(C)(F)F)c(-c2cc(N)no2)c1. The van der Waals surface area contributed by atoms with E-state index in [9.17, 15) is 8.78 Å². The zero-order chi connectivity index (χ0) is 12.6. The minimum Gasteiger partial charge on any atom is -0.381 e. The van der Waals surface area contributed by atoms with Gasteiger partial charge in [-0.2, -0.15) is 0 Å². The van der Waals surface area contributed by atoms with Gasteiger partial charge in [0.2, 0.25) is 0 Å². The van der Waals surface area contributed by atoms with Gasteiger partial charge in [-0.3, -0.25) is 0 Å². The summed E-state index contributed by atoms with van der Waals surface area (Å²) in [6, 6.07) is 6.09. The first-order chi connectivity index (χ1) is 7.88. The third kappa shape index (κ3) is 2.27. The number of rotatable bonds is 2. The van der Waals surface area contributed by atoms with Gasteiger partial charge in [-0.05, 0) is 13.0 Å². The van der Waals surface area contributed by atoms with E-state index in [1.807, 2.05) is 6.92 Å². The van der Waals surface area contributed by atoms with Crippen LogP contribution in [0.5, 0.6) is 0 Å². The molecule has 17 heavy (non-hydrogen) atoms. The number of aromatic nitrogens is 1. The Bertz CT molecular complexity index is 544. The summed E-state index contributed by atoms with van der Waals surface area (Å²) in [5.74, 6) is -2.51. The monoisotopic (exact) mass is 238 g/mol. The molecule has 3 nitrogen and oxygen atoms in total. The normalized spacial score (nSPS) is 11.8. The number of benzene rings is 1. The molecular formula is C12H12F2N2O. The van der Waals surface area contributed by atoms with Crippen LogP contribution in [0.2, 0.25) is 0 Å². The Morgan fingerprint density at radius 1 is 1.29 bits per heavy atom. The van der Waals surface area contributed by atoms with E-state index in [2.05, 4.69) is 5.16 Å². The lowest BCUT2D eigenvalue weighted by atomic mass is 9.98. The molecule has 1 aromatic heterocycles. The van der Waals surface area contributed by atoms with Crippen LogP contribution in [0.25, 0.3) is 11.3 Å². The molecule has 1 heterocycles. The molecule has 5 heteroatoms. The van der Waals surface area contributed by atoms with E-state index in [1.165, 1.54) is 12.1 Å². The summed E-state index contributed by atoms with van der Waals surface area (Å²) in [6.45, 7) is 2.67. The number of halogens is 2. The van der Waals surface area contributed by atoms with E-state index in [-0.39, 0.29) is 17.1 Å². The lowest BCUT2D eigenvalue weighted by Gasteiger charge is -2.14. The summed E-state index contributed by atoms with van der Waals surface area (Å²) in [5, 5.41) is 3.50. The van der Waals surface area contributed by atoms with E-state index in [0.29, 0.717) is 5.56 Å². The van der Waals surface area contributed by atoms with Gasteiger partial charge in [0.05, 0.1) is 0 Å². The minimum absolute atomic E-state index is 0.0979. The second kappa shape index (κ2) is 3.84. The Kier molecular flexibility index (Phi) is 2.61. The average molecular weight is 238 g/mol. The fraction of sp³-hybridized carbons (Fsp3) is 0.250. The lowest BCUT2D eigenvalue weighted by molar-refractivity contribution is 0.0179. The molecule has 0 saturated carbocycles. The van der Waals surface area contributed by atoms with E-state index in [0.717, 1.165) is 12.5 Å². The Balaban J connectivity index is 2.63. The van der Waals surface area contributed by atoms with Gasteiger partial charge in [-0.15, -0.1) is 0 Å². The van der Waals surface area contributed by atoms with Crippen molar-refractivity contribution in [3.63, 3.8) is 0 Å². The van der Waals surface area contributed by atoms with E-state index < -0.39 is 5.92 Å². The number of hydrogen-bond donors (Lipinski definition) is 1. The van der Waals surface area contributed by atoms with Crippen LogP contribution in [0.15, 0.2) is 28.8 Å². The Morgan fingerprint density at radius 2 is 2.00 bits per heavy atom. The van der Waals surface area contributed by atoms with Gasteiger partial charge in [-0.1, -0.05) is 22.9 Å². The van der Waals surface area contributed by atoms with Gasteiger partial charge in [0.15, 0.2) is 11.6 Å². The summed E-state index contributed by atoms with van der Waals surface area (Å²) >= 11 is 0. The molecule has 0 saturated heterocycles. The third-order valence-electron chi connectivity index (χ3n) is 2.44. The Morgan fingerprint density at radius 3 is 2.53 bits per heavy atom. The highest BCUT2D eigenvalue weighted by Crippen LogP contribution is 2.36. The van der Waals surface area contributed by atoms with Crippen molar-refractivity contribution in [2.24, 2.45) is 0 Å². The Labute approximate surface area is 97.2 Å². The molecule has 0 radical (unpaired) electrons. The highest BCUT2D eigenvalue weighted by atomic mass is 19.3. The van der Waals surface area contributed by atoms with Crippen molar-refractivity contribution in [2.75, 3.05) is 5.73 Å². The van der Waals surface area contributed by atoms with Gasteiger partial charge in [0, 0.05) is 24.1 Å². The van der Waals surface area contributed by atoms with Crippen LogP contribution in [0.3, 0.4) is 0 Å². The fourth-order valence-corrected chi connectivity index (χ4v) is 1.66. The predicted octanol–water partition coefficient (Wildman–Crippen LogP) is 3.34. The minimum atomic E-state index is -2.94. The Hall–Kier alpha value is -1.91. The quantitative estimate of drug-likeness (QED) is 0.872. The van der Waals surface area contributed by atoms with E-state index >= 15 is 0 Å². The number of nitrogen functional groups attached to an aromatic ring is 1. The zero-order valence-electron chi connectivity index (χ0n) is 9.50. The van der Waals surface area contributed by atoms with Gasteiger partial charge >= 0.3 is 0 Å². The van der Waals surface area contributed by atoms with Crippen LogP contribution in [-0.2, 0) is 5.92 Å². The van der Waals surface area contributed by atoms with Crippen LogP contribution >= 0.6 is 0 Å². The molecule has 90 valence electrons. The van der Waals surface area contributed by atoms with Crippen LogP contribution < -0.4 is 5.73 Å². The van der Waals surface area contributed by atoms with Crippen LogP contribution in [-0.4, -0.2) is 5.16 Å². The molecule has 0 aliphatic carbocycles. The van der Waals surface area contributed by atoms with Crippen molar-refractivity contribution >= 4 is 5.82 Å². The fourth-order valence-electron chi connectivity index (χ4n) is 1.66. The van der Waals surface area contributed by atoms with E-state index in [4.69, 9.17) is 10.3 Å². The maximum Gasteiger partial charge on any atom is 0.271 e. The van der Waals surface area contributed by atoms with Crippen molar-refractivity contribution in [2.45, 2.75) is 19.8 Å². The third-order valence-corrected chi connectivity index (χ3v) is 2.44. The molecule has 0 bridgehead atoms. The number of nitrogens with zero attached hydrogens (tertiary/aromatic N) is 1. The van der Waals surface area contributed by atoms with Crippen LogP contribution in [0.1, 0.15) is 18.1 Å². The number of anilines is 1. The highest BCUT2D eigenvalue weighted by molar-refractivity contribution is 5.66.